The maximum Gasteiger partial charge on any atom is 0.354 e. The van der Waals surface area contributed by atoms with Crippen molar-refractivity contribution in [3.8, 4) is 5.75 Å². The van der Waals surface area contributed by atoms with Crippen molar-refractivity contribution < 1.29 is 24.9 Å². The van der Waals surface area contributed by atoms with E-state index in [0.29, 0.717) is 17.1 Å². The van der Waals surface area contributed by atoms with Gasteiger partial charge in [-0.05, 0) is 23.6 Å². The number of carboxylic acids is 1. The zero-order chi connectivity index (χ0) is 17.8. The Morgan fingerprint density at radius 1 is 1.15 bits per heavy atom. The summed E-state index contributed by atoms with van der Waals surface area (Å²) in [4.78, 5) is 25.2. The smallest absolute Gasteiger partial charge is 0.354 e. The van der Waals surface area contributed by atoms with E-state index in [2.05, 4.69) is 10.3 Å². The number of nitrogens with one attached hydrogen (secondary N) is 1. The van der Waals surface area contributed by atoms with E-state index in [4.69, 9.17) is 15.6 Å². The van der Waals surface area contributed by atoms with E-state index in [-0.39, 0.29) is 23.7 Å². The van der Waals surface area contributed by atoms with Crippen molar-refractivity contribution in [3.63, 3.8) is 0 Å². The van der Waals surface area contributed by atoms with Crippen molar-refractivity contribution in [3.05, 3.63) is 60.4 Å². The molecule has 1 aliphatic rings. The Morgan fingerprint density at radius 2 is 1.88 bits per heavy atom. The molecule has 2 heterocycles. The number of carbonyl (C=O) groups is 2. The van der Waals surface area contributed by atoms with E-state index in [1.807, 2.05) is 24.3 Å². The molecule has 4 rings (SSSR count). The first-order valence-electron chi connectivity index (χ1n) is 7.43. The largest absolute Gasteiger partial charge is 0.482 e. The summed E-state index contributed by atoms with van der Waals surface area (Å²) in [7, 11) is 0. The van der Waals surface area contributed by atoms with Crippen LogP contribution in [-0.4, -0.2) is 34.1 Å². The number of hydrogen-bond acceptors (Lipinski definition) is 5. The zero-order valence-electron chi connectivity index (χ0n) is 13.6. The molecule has 0 fully saturated rings. The number of ether oxygens (including phenoxy) is 1. The van der Waals surface area contributed by atoms with Crippen molar-refractivity contribution in [2.24, 2.45) is 0 Å². The van der Waals surface area contributed by atoms with Gasteiger partial charge in [-0.1, -0.05) is 24.3 Å². The fourth-order valence-electron chi connectivity index (χ4n) is 2.29. The molecule has 3 aromatic rings. The molecule has 0 aliphatic carbocycles. The van der Waals surface area contributed by atoms with E-state index in [9.17, 15) is 9.59 Å². The second-order valence-electron chi connectivity index (χ2n) is 5.31. The minimum absolute atomic E-state index is 0. The number of pyridine rings is 1. The van der Waals surface area contributed by atoms with Crippen LogP contribution < -0.4 is 15.8 Å². The zero-order valence-corrected chi connectivity index (χ0v) is 13.6. The topological polar surface area (TPSA) is 146 Å². The first-order chi connectivity index (χ1) is 12.0. The predicted molar refractivity (Wildman–Crippen MR) is 97.3 cm³/mol. The third-order valence-corrected chi connectivity index (χ3v) is 3.49. The van der Waals surface area contributed by atoms with Crippen molar-refractivity contribution in [2.45, 2.75) is 0 Å². The summed E-state index contributed by atoms with van der Waals surface area (Å²) in [6.07, 6.45) is 1.57. The molecule has 8 heteroatoms. The Hall–Kier alpha value is -3.65. The maximum atomic E-state index is 10.8. The average molecular weight is 355 g/mol. The van der Waals surface area contributed by atoms with Gasteiger partial charge in [0.25, 0.3) is 5.91 Å². The predicted octanol–water partition coefficient (Wildman–Crippen LogP) is 1.71. The lowest BCUT2D eigenvalue weighted by Gasteiger charge is -2.17. The lowest BCUT2D eigenvalue weighted by atomic mass is 10.1. The van der Waals surface area contributed by atoms with Crippen LogP contribution >= 0.6 is 0 Å². The lowest BCUT2D eigenvalue weighted by molar-refractivity contribution is -0.118. The van der Waals surface area contributed by atoms with Crippen LogP contribution in [0.5, 0.6) is 5.75 Å². The molecular weight excluding hydrogens is 338 g/mol. The number of nitrogens with two attached hydrogens (primary N) is 1. The number of benzene rings is 2. The quantitative estimate of drug-likeness (QED) is 0.566. The SMILES string of the molecule is Nc1ccc2c(c1)OCC(=O)N2.O.O=C(O)c1cc2ccccc2cn1. The number of nitrogens with zero attached hydrogens (tertiary/aromatic N) is 1. The summed E-state index contributed by atoms with van der Waals surface area (Å²) in [5.74, 6) is -0.493. The minimum Gasteiger partial charge on any atom is -0.482 e. The first-order valence-corrected chi connectivity index (χ1v) is 7.43. The molecule has 134 valence electrons. The van der Waals surface area contributed by atoms with E-state index < -0.39 is 5.97 Å². The Morgan fingerprint density at radius 3 is 2.62 bits per heavy atom. The number of carboxylic acid groups (broad SMARTS) is 1. The number of fused-ring (bicyclic) bond motifs is 2. The van der Waals surface area contributed by atoms with Gasteiger partial charge in [0.2, 0.25) is 0 Å². The molecule has 0 radical (unpaired) electrons. The van der Waals surface area contributed by atoms with Crippen LogP contribution in [0, 0.1) is 0 Å². The second kappa shape index (κ2) is 7.95. The number of hydrogen-bond donors (Lipinski definition) is 3. The highest BCUT2D eigenvalue weighted by molar-refractivity contribution is 5.95. The van der Waals surface area contributed by atoms with Crippen LogP contribution in [0.2, 0.25) is 0 Å². The second-order valence-corrected chi connectivity index (χ2v) is 5.31. The van der Waals surface area contributed by atoms with Gasteiger partial charge in [0.15, 0.2) is 6.61 Å². The highest BCUT2D eigenvalue weighted by atomic mass is 16.5. The van der Waals surface area contributed by atoms with Crippen LogP contribution in [0.4, 0.5) is 11.4 Å². The normalized spacial score (nSPS) is 11.8. The van der Waals surface area contributed by atoms with E-state index in [0.717, 1.165) is 10.8 Å². The van der Waals surface area contributed by atoms with Crippen molar-refractivity contribution >= 4 is 34.0 Å². The van der Waals surface area contributed by atoms with Crippen molar-refractivity contribution in [1.29, 1.82) is 0 Å². The fourth-order valence-corrected chi connectivity index (χ4v) is 2.29. The molecular formula is C18H17N3O5. The van der Waals surface area contributed by atoms with Gasteiger partial charge < -0.3 is 26.4 Å². The molecule has 8 nitrogen and oxygen atoms in total. The highest BCUT2D eigenvalue weighted by Gasteiger charge is 2.14. The number of rotatable bonds is 1. The van der Waals surface area contributed by atoms with Crippen molar-refractivity contribution in [2.75, 3.05) is 17.7 Å². The van der Waals surface area contributed by atoms with Crippen LogP contribution in [0.25, 0.3) is 10.8 Å². The monoisotopic (exact) mass is 355 g/mol. The number of aromatic nitrogens is 1. The Bertz CT molecular complexity index is 958. The van der Waals surface area contributed by atoms with E-state index in [1.165, 1.54) is 0 Å². The number of amides is 1. The van der Waals surface area contributed by atoms with Crippen LogP contribution in [0.15, 0.2) is 54.7 Å². The number of nitrogen functional groups attached to an aromatic ring is 1. The van der Waals surface area contributed by atoms with Gasteiger partial charge in [0, 0.05) is 23.3 Å². The fraction of sp³-hybridized carbons (Fsp3) is 0.0556. The van der Waals surface area contributed by atoms with Crippen LogP contribution in [-0.2, 0) is 4.79 Å². The molecule has 0 unspecified atom stereocenters. The molecule has 6 N–H and O–H groups in total. The van der Waals surface area contributed by atoms with Gasteiger partial charge in [-0.15, -0.1) is 0 Å². The summed E-state index contributed by atoms with van der Waals surface area (Å²) < 4.78 is 5.12. The lowest BCUT2D eigenvalue weighted by Crippen LogP contribution is -2.25. The standard InChI is InChI=1S/C10H7NO2.C8H8N2O2.H2O/c12-10(13)9-5-7-3-1-2-4-8(7)6-11-9;9-5-1-2-6-7(3-5)12-4-8(11)10-6;/h1-6H,(H,12,13);1-3H,4,9H2,(H,10,11);1H2. The highest BCUT2D eigenvalue weighted by Crippen LogP contribution is 2.29. The van der Waals surface area contributed by atoms with Gasteiger partial charge in [-0.25, -0.2) is 9.78 Å². The maximum absolute atomic E-state index is 10.8. The summed E-state index contributed by atoms with van der Waals surface area (Å²) in [6, 6.07) is 14.2. The molecule has 0 saturated carbocycles. The van der Waals surface area contributed by atoms with Gasteiger partial charge in [0.1, 0.15) is 11.4 Å². The number of anilines is 2. The van der Waals surface area contributed by atoms with Gasteiger partial charge in [0.05, 0.1) is 5.69 Å². The minimum atomic E-state index is -0.995. The molecule has 0 bridgehead atoms. The number of aromatic carboxylic acids is 1. The summed E-state index contributed by atoms with van der Waals surface area (Å²) in [5, 5.41) is 13.2. The van der Waals surface area contributed by atoms with Crippen LogP contribution in [0.1, 0.15) is 10.5 Å². The molecule has 0 atom stereocenters. The number of carbonyl (C=O) groups excluding carboxylic acids is 1. The third kappa shape index (κ3) is 4.25. The Labute approximate surface area is 148 Å². The van der Waals surface area contributed by atoms with E-state index >= 15 is 0 Å². The van der Waals surface area contributed by atoms with Gasteiger partial charge in [-0.2, -0.15) is 0 Å². The van der Waals surface area contributed by atoms with Crippen molar-refractivity contribution in [1.82, 2.24) is 4.98 Å². The third-order valence-electron chi connectivity index (χ3n) is 3.49. The molecule has 0 spiro atoms. The van der Waals surface area contributed by atoms with Gasteiger partial charge in [-0.3, -0.25) is 4.79 Å². The molecule has 0 saturated heterocycles. The Kier molecular flexibility index (Phi) is 5.71. The molecule has 2 aromatic carbocycles. The molecule has 1 amide bonds. The first kappa shape index (κ1) is 18.7. The van der Waals surface area contributed by atoms with Crippen LogP contribution in [0.3, 0.4) is 0 Å². The molecule has 26 heavy (non-hydrogen) atoms. The molecule has 1 aliphatic heterocycles. The average Bonchev–Trinajstić information content (AvgIpc) is 2.62. The Balaban J connectivity index is 0.000000180. The van der Waals surface area contributed by atoms with E-state index in [1.54, 1.807) is 30.5 Å². The molecule has 1 aromatic heterocycles. The summed E-state index contributed by atoms with van der Waals surface area (Å²) in [6.45, 7) is 0.0659. The van der Waals surface area contributed by atoms with Gasteiger partial charge >= 0.3 is 5.97 Å². The summed E-state index contributed by atoms with van der Waals surface area (Å²) >= 11 is 0. The summed E-state index contributed by atoms with van der Waals surface area (Å²) in [5.41, 5.74) is 6.92.